The van der Waals surface area contributed by atoms with Gasteiger partial charge in [-0.1, -0.05) is 43.7 Å². The molecule has 1 spiro atoms. The SMILES string of the molecule is C=CCN(C(=O)C1N([C@@H](CO)C(C)C)C(=O)[C@@H]2[C@@H](C(=O)OCC)[C@@]3(C)CCC12O3)c1ccccc1Cl. The largest absolute Gasteiger partial charge is 0.466 e. The monoisotopic (exact) mass is 518 g/mol. The van der Waals surface area contributed by atoms with Gasteiger partial charge in [0.15, 0.2) is 0 Å². The van der Waals surface area contributed by atoms with Crippen LogP contribution in [0.15, 0.2) is 36.9 Å². The molecule has 2 unspecified atom stereocenters. The van der Waals surface area contributed by atoms with Crippen LogP contribution in [0.1, 0.15) is 40.5 Å². The quantitative estimate of drug-likeness (QED) is 0.398. The van der Waals surface area contributed by atoms with Crippen molar-refractivity contribution in [3.63, 3.8) is 0 Å². The molecule has 8 nitrogen and oxygen atoms in total. The standard InChI is InChI=1S/C27H35ClN2O6/c1-6-14-29(18-11-9-8-10-17(18)28)24(33)22-27-13-12-26(5,36-27)21(25(34)35-7-2)20(27)23(32)30(22)19(15-31)16(3)4/h6,8-11,16,19-22,31H,1,7,12-15H2,2-5H3/t19-,20-,21-,22?,26+,27?/m0/s1. The molecule has 3 fully saturated rings. The first-order chi connectivity index (χ1) is 17.1. The number of hydrogen-bond donors (Lipinski definition) is 1. The fraction of sp³-hybridized carbons (Fsp3) is 0.593. The van der Waals surface area contributed by atoms with Crippen LogP contribution in [0.2, 0.25) is 5.02 Å². The number of anilines is 1. The Kier molecular flexibility index (Phi) is 7.25. The molecule has 1 N–H and O–H groups in total. The highest BCUT2D eigenvalue weighted by molar-refractivity contribution is 6.34. The highest BCUT2D eigenvalue weighted by atomic mass is 35.5. The zero-order valence-electron chi connectivity index (χ0n) is 21.3. The van der Waals surface area contributed by atoms with Gasteiger partial charge in [-0.15, -0.1) is 6.58 Å². The van der Waals surface area contributed by atoms with E-state index in [1.54, 1.807) is 37.3 Å². The molecule has 2 amide bonds. The summed E-state index contributed by atoms with van der Waals surface area (Å²) in [4.78, 5) is 44.7. The summed E-state index contributed by atoms with van der Waals surface area (Å²) in [6, 6.07) is 5.30. The topological polar surface area (TPSA) is 96.4 Å². The second kappa shape index (κ2) is 9.80. The van der Waals surface area contributed by atoms with Gasteiger partial charge in [0, 0.05) is 6.54 Å². The highest BCUT2D eigenvalue weighted by Crippen LogP contribution is 2.64. The zero-order chi connectivity index (χ0) is 26.4. The first-order valence-electron chi connectivity index (χ1n) is 12.5. The number of para-hydroxylation sites is 1. The van der Waals surface area contributed by atoms with E-state index in [4.69, 9.17) is 21.1 Å². The van der Waals surface area contributed by atoms with Crippen molar-refractivity contribution in [2.75, 3.05) is 24.7 Å². The lowest BCUT2D eigenvalue weighted by Gasteiger charge is -2.40. The molecule has 1 aromatic rings. The van der Waals surface area contributed by atoms with Gasteiger partial charge in [0.25, 0.3) is 5.91 Å². The van der Waals surface area contributed by atoms with Gasteiger partial charge in [0.1, 0.15) is 17.6 Å². The second-order valence-corrected chi connectivity index (χ2v) is 10.8. The fourth-order valence-electron chi connectivity index (χ4n) is 6.46. The normalized spacial score (nSPS) is 31.5. The lowest BCUT2D eigenvalue weighted by molar-refractivity contribution is -0.160. The van der Waals surface area contributed by atoms with Gasteiger partial charge in [0.2, 0.25) is 5.91 Å². The molecule has 2 bridgehead atoms. The molecule has 0 aliphatic carbocycles. The lowest BCUT2D eigenvalue weighted by atomic mass is 9.66. The Balaban J connectivity index is 1.88. The number of aliphatic hydroxyl groups excluding tert-OH is 1. The van der Waals surface area contributed by atoms with Crippen molar-refractivity contribution in [1.82, 2.24) is 4.90 Å². The number of halogens is 1. The number of benzene rings is 1. The van der Waals surface area contributed by atoms with Crippen molar-refractivity contribution >= 4 is 35.1 Å². The lowest BCUT2D eigenvalue weighted by Crippen LogP contribution is -2.60. The number of esters is 1. The summed E-state index contributed by atoms with van der Waals surface area (Å²) in [6.07, 6.45) is 2.54. The van der Waals surface area contributed by atoms with Crippen molar-refractivity contribution in [3.05, 3.63) is 41.9 Å². The van der Waals surface area contributed by atoms with E-state index >= 15 is 0 Å². The van der Waals surface area contributed by atoms with Crippen LogP contribution in [0.4, 0.5) is 5.69 Å². The smallest absolute Gasteiger partial charge is 0.312 e. The summed E-state index contributed by atoms with van der Waals surface area (Å²) in [6.45, 7) is 11.1. The number of likely N-dealkylation sites (tertiary alicyclic amines) is 1. The molecule has 3 saturated heterocycles. The molecule has 0 saturated carbocycles. The minimum Gasteiger partial charge on any atom is -0.466 e. The Morgan fingerprint density at radius 3 is 2.64 bits per heavy atom. The number of fused-ring (bicyclic) bond motifs is 1. The summed E-state index contributed by atoms with van der Waals surface area (Å²) in [5.41, 5.74) is -1.65. The fourth-order valence-corrected chi connectivity index (χ4v) is 6.70. The number of ether oxygens (including phenoxy) is 2. The number of nitrogens with zero attached hydrogens (tertiary/aromatic N) is 2. The average molecular weight is 519 g/mol. The molecule has 1 aromatic carbocycles. The van der Waals surface area contributed by atoms with E-state index in [9.17, 15) is 19.5 Å². The van der Waals surface area contributed by atoms with E-state index in [0.717, 1.165) is 0 Å². The third-order valence-corrected chi connectivity index (χ3v) is 8.34. The van der Waals surface area contributed by atoms with E-state index in [2.05, 4.69) is 6.58 Å². The van der Waals surface area contributed by atoms with Crippen molar-refractivity contribution in [2.24, 2.45) is 17.8 Å². The van der Waals surface area contributed by atoms with E-state index in [0.29, 0.717) is 23.6 Å². The van der Waals surface area contributed by atoms with Gasteiger partial charge in [-0.3, -0.25) is 14.4 Å². The predicted molar refractivity (Wildman–Crippen MR) is 135 cm³/mol. The van der Waals surface area contributed by atoms with E-state index in [-0.39, 0.29) is 37.5 Å². The maximum Gasteiger partial charge on any atom is 0.312 e. The van der Waals surface area contributed by atoms with E-state index in [1.807, 2.05) is 20.8 Å². The van der Waals surface area contributed by atoms with E-state index in [1.165, 1.54) is 9.80 Å². The Hall–Kier alpha value is -2.42. The predicted octanol–water partition coefficient (Wildman–Crippen LogP) is 3.20. The maximum atomic E-state index is 14.5. The van der Waals surface area contributed by atoms with Crippen LogP contribution >= 0.6 is 11.6 Å². The van der Waals surface area contributed by atoms with Crippen LogP contribution in [-0.4, -0.2) is 70.8 Å². The minimum absolute atomic E-state index is 0.147. The third kappa shape index (κ3) is 3.85. The number of hydrogen-bond acceptors (Lipinski definition) is 6. The molecule has 3 aliphatic rings. The first kappa shape index (κ1) is 26.6. The Bertz CT molecular complexity index is 1060. The summed E-state index contributed by atoms with van der Waals surface area (Å²) in [7, 11) is 0. The Morgan fingerprint density at radius 2 is 2.06 bits per heavy atom. The molecule has 0 radical (unpaired) electrons. The molecule has 6 atom stereocenters. The van der Waals surface area contributed by atoms with Crippen molar-refractivity contribution in [3.8, 4) is 0 Å². The van der Waals surface area contributed by atoms with Crippen LogP contribution in [0, 0.1) is 17.8 Å². The second-order valence-electron chi connectivity index (χ2n) is 10.4. The summed E-state index contributed by atoms with van der Waals surface area (Å²) in [5.74, 6) is -3.10. The summed E-state index contributed by atoms with van der Waals surface area (Å²) >= 11 is 6.48. The van der Waals surface area contributed by atoms with Crippen LogP contribution in [0.25, 0.3) is 0 Å². The molecule has 3 aliphatic heterocycles. The number of amides is 2. The van der Waals surface area contributed by atoms with Crippen molar-refractivity contribution in [2.45, 2.75) is 63.8 Å². The van der Waals surface area contributed by atoms with Gasteiger partial charge in [-0.05, 0) is 44.7 Å². The number of carbonyl (C=O) groups excluding carboxylic acids is 3. The van der Waals surface area contributed by atoms with Gasteiger partial charge < -0.3 is 24.4 Å². The molecular weight excluding hydrogens is 484 g/mol. The van der Waals surface area contributed by atoms with Crippen molar-refractivity contribution in [1.29, 1.82) is 0 Å². The van der Waals surface area contributed by atoms with Crippen LogP contribution < -0.4 is 4.90 Å². The molecule has 9 heteroatoms. The number of carbonyl (C=O) groups is 3. The maximum absolute atomic E-state index is 14.5. The Morgan fingerprint density at radius 1 is 1.36 bits per heavy atom. The number of aliphatic hydroxyl groups is 1. The molecule has 3 heterocycles. The van der Waals surface area contributed by atoms with Crippen LogP contribution in [-0.2, 0) is 23.9 Å². The van der Waals surface area contributed by atoms with E-state index < -0.39 is 41.1 Å². The minimum atomic E-state index is -1.22. The molecule has 196 valence electrons. The highest BCUT2D eigenvalue weighted by Gasteiger charge is 2.79. The molecule has 0 aromatic heterocycles. The van der Waals surface area contributed by atoms with Gasteiger partial charge in [-0.25, -0.2) is 0 Å². The summed E-state index contributed by atoms with van der Waals surface area (Å²) < 4.78 is 12.0. The third-order valence-electron chi connectivity index (χ3n) is 8.02. The van der Waals surface area contributed by atoms with Crippen molar-refractivity contribution < 1.29 is 29.0 Å². The first-order valence-corrected chi connectivity index (χ1v) is 12.9. The molecule has 36 heavy (non-hydrogen) atoms. The average Bonchev–Trinajstić information content (AvgIpc) is 3.39. The number of rotatable bonds is 9. The van der Waals surface area contributed by atoms with Gasteiger partial charge >= 0.3 is 5.97 Å². The summed E-state index contributed by atoms with van der Waals surface area (Å²) in [5, 5.41) is 10.7. The zero-order valence-corrected chi connectivity index (χ0v) is 22.0. The van der Waals surface area contributed by atoms with Crippen LogP contribution in [0.3, 0.4) is 0 Å². The van der Waals surface area contributed by atoms with Gasteiger partial charge in [0.05, 0.1) is 41.5 Å². The van der Waals surface area contributed by atoms with Crippen LogP contribution in [0.5, 0.6) is 0 Å². The molecular formula is C27H35ClN2O6. The Labute approximate surface area is 217 Å². The van der Waals surface area contributed by atoms with Gasteiger partial charge in [-0.2, -0.15) is 0 Å². The molecule has 4 rings (SSSR count).